The summed E-state index contributed by atoms with van der Waals surface area (Å²) in [7, 11) is 3.72. The van der Waals surface area contributed by atoms with Gasteiger partial charge < -0.3 is 9.75 Å². The first-order valence-electron chi connectivity index (χ1n) is 7.90. The third-order valence-electron chi connectivity index (χ3n) is 3.52. The van der Waals surface area contributed by atoms with Crippen LogP contribution in [0.5, 0.6) is 5.75 Å². The van der Waals surface area contributed by atoms with E-state index in [1.54, 1.807) is 35.5 Å². The Bertz CT molecular complexity index is 709. The average Bonchev–Trinajstić information content (AvgIpc) is 2.53. The van der Waals surface area contributed by atoms with Crippen LogP contribution in [-0.4, -0.2) is 31.3 Å². The Morgan fingerprint density at radius 1 is 1.00 bits per heavy atom. The van der Waals surface area contributed by atoms with Crippen molar-refractivity contribution in [1.82, 2.24) is 5.01 Å². The molecule has 0 aromatic heterocycles. The number of carbonyl (C=O) groups excluding carboxylic acids is 1. The van der Waals surface area contributed by atoms with E-state index < -0.39 is 0 Å². The van der Waals surface area contributed by atoms with E-state index in [1.165, 1.54) is 5.56 Å². The Balaban J connectivity index is 2.04. The van der Waals surface area contributed by atoms with Crippen molar-refractivity contribution in [3.8, 4) is 5.75 Å². The average molecular weight is 324 g/mol. The largest absolute Gasteiger partial charge is 0.423 e. The Labute approximate surface area is 143 Å². The summed E-state index contributed by atoms with van der Waals surface area (Å²) < 4.78 is 5.41. The smallest absolute Gasteiger partial charge is 0.343 e. The van der Waals surface area contributed by atoms with E-state index in [0.717, 1.165) is 5.56 Å². The normalized spacial score (nSPS) is 11.5. The van der Waals surface area contributed by atoms with Crippen LogP contribution in [0.3, 0.4) is 0 Å². The highest BCUT2D eigenvalue weighted by Crippen LogP contribution is 2.22. The van der Waals surface area contributed by atoms with Gasteiger partial charge >= 0.3 is 5.97 Å². The Morgan fingerprint density at radius 2 is 1.58 bits per heavy atom. The van der Waals surface area contributed by atoms with Crippen LogP contribution in [0.2, 0.25) is 0 Å². The zero-order chi connectivity index (χ0) is 17.7. The van der Waals surface area contributed by atoms with E-state index in [9.17, 15) is 4.79 Å². The molecule has 0 heterocycles. The van der Waals surface area contributed by atoms with Crippen molar-refractivity contribution in [3.05, 3.63) is 65.2 Å². The van der Waals surface area contributed by atoms with Crippen molar-refractivity contribution in [2.75, 3.05) is 14.1 Å². The molecule has 2 aromatic rings. The van der Waals surface area contributed by atoms with Crippen LogP contribution in [0.4, 0.5) is 0 Å². The number of rotatable bonds is 4. The zero-order valence-corrected chi connectivity index (χ0v) is 14.9. The van der Waals surface area contributed by atoms with Gasteiger partial charge in [-0.3, -0.25) is 0 Å². The molecule has 0 N–H and O–H groups in total. The lowest BCUT2D eigenvalue weighted by Crippen LogP contribution is -2.12. The molecular weight excluding hydrogens is 300 g/mol. The van der Waals surface area contributed by atoms with Crippen LogP contribution in [0.1, 0.15) is 42.3 Å². The number of carbonyl (C=O) groups is 1. The fourth-order valence-corrected chi connectivity index (χ4v) is 2.08. The van der Waals surface area contributed by atoms with Crippen molar-refractivity contribution in [2.24, 2.45) is 5.10 Å². The lowest BCUT2D eigenvalue weighted by molar-refractivity contribution is 0.0734. The van der Waals surface area contributed by atoms with E-state index in [4.69, 9.17) is 4.74 Å². The van der Waals surface area contributed by atoms with E-state index >= 15 is 0 Å². The molecule has 4 nitrogen and oxygen atoms in total. The van der Waals surface area contributed by atoms with Gasteiger partial charge in [0.25, 0.3) is 0 Å². The molecule has 0 radical (unpaired) electrons. The topological polar surface area (TPSA) is 41.9 Å². The molecule has 0 amide bonds. The quantitative estimate of drug-likeness (QED) is 0.368. The minimum atomic E-state index is -0.356. The number of ether oxygens (including phenoxy) is 1. The number of nitrogens with zero attached hydrogens (tertiary/aromatic N) is 2. The molecule has 0 aliphatic rings. The molecule has 0 saturated carbocycles. The number of hydrogen-bond donors (Lipinski definition) is 0. The molecule has 0 spiro atoms. The van der Waals surface area contributed by atoms with Crippen LogP contribution in [0.25, 0.3) is 0 Å². The number of esters is 1. The molecule has 0 bridgehead atoms. The fourth-order valence-electron chi connectivity index (χ4n) is 2.08. The second-order valence-corrected chi connectivity index (χ2v) is 6.88. The third kappa shape index (κ3) is 4.95. The third-order valence-corrected chi connectivity index (χ3v) is 3.52. The highest BCUT2D eigenvalue weighted by Gasteiger charge is 2.15. The molecule has 0 saturated heterocycles. The first kappa shape index (κ1) is 17.7. The maximum atomic E-state index is 12.2. The Kier molecular flexibility index (Phi) is 5.39. The zero-order valence-electron chi connectivity index (χ0n) is 14.9. The van der Waals surface area contributed by atoms with Crippen molar-refractivity contribution < 1.29 is 9.53 Å². The van der Waals surface area contributed by atoms with E-state index in [1.807, 2.05) is 38.4 Å². The summed E-state index contributed by atoms with van der Waals surface area (Å²) in [4.78, 5) is 12.2. The van der Waals surface area contributed by atoms with Crippen molar-refractivity contribution in [3.63, 3.8) is 0 Å². The molecule has 126 valence electrons. The first-order chi connectivity index (χ1) is 11.3. The summed E-state index contributed by atoms with van der Waals surface area (Å²) in [6.07, 6.45) is 1.75. The van der Waals surface area contributed by atoms with E-state index in [0.29, 0.717) is 11.3 Å². The maximum absolute atomic E-state index is 12.2. The summed E-state index contributed by atoms with van der Waals surface area (Å²) >= 11 is 0. The van der Waals surface area contributed by atoms with E-state index in [-0.39, 0.29) is 11.4 Å². The monoisotopic (exact) mass is 324 g/mol. The van der Waals surface area contributed by atoms with Crippen molar-refractivity contribution in [2.45, 2.75) is 26.2 Å². The molecule has 4 heteroatoms. The van der Waals surface area contributed by atoms with Crippen LogP contribution < -0.4 is 4.74 Å². The molecule has 0 aliphatic carbocycles. The lowest BCUT2D eigenvalue weighted by atomic mass is 9.87. The molecular formula is C20H24N2O2. The number of benzene rings is 2. The second kappa shape index (κ2) is 7.30. The van der Waals surface area contributed by atoms with Gasteiger partial charge in [-0.25, -0.2) is 4.79 Å². The first-order valence-corrected chi connectivity index (χ1v) is 7.90. The van der Waals surface area contributed by atoms with Gasteiger partial charge in [0.2, 0.25) is 0 Å². The minimum absolute atomic E-state index is 0.0619. The molecule has 0 fully saturated rings. The summed E-state index contributed by atoms with van der Waals surface area (Å²) in [5.41, 5.74) is 2.73. The lowest BCUT2D eigenvalue weighted by Gasteiger charge is -2.18. The van der Waals surface area contributed by atoms with Gasteiger partial charge in [-0.2, -0.15) is 5.10 Å². The van der Waals surface area contributed by atoms with Gasteiger partial charge in [0.1, 0.15) is 5.75 Å². The summed E-state index contributed by atoms with van der Waals surface area (Å²) in [6, 6.07) is 14.8. The predicted octanol–water partition coefficient (Wildman–Crippen LogP) is 4.10. The standard InChI is InChI=1S/C20H24N2O2/c1-20(2,3)17-10-8-16(9-11-17)19(23)24-18-12-6-15(7-13-18)14-21-22(4)5/h6-14H,1-5H3/b21-14+. The number of hydrogen-bond acceptors (Lipinski definition) is 4. The van der Waals surface area contributed by atoms with Gasteiger partial charge in [0.15, 0.2) is 0 Å². The van der Waals surface area contributed by atoms with Crippen LogP contribution in [0.15, 0.2) is 53.6 Å². The van der Waals surface area contributed by atoms with Crippen LogP contribution >= 0.6 is 0 Å². The molecule has 0 aliphatic heterocycles. The van der Waals surface area contributed by atoms with Crippen LogP contribution in [0, 0.1) is 0 Å². The molecule has 0 atom stereocenters. The minimum Gasteiger partial charge on any atom is -0.423 e. The Morgan fingerprint density at radius 3 is 2.08 bits per heavy atom. The molecule has 2 rings (SSSR count). The van der Waals surface area contributed by atoms with Gasteiger partial charge in [0, 0.05) is 14.1 Å². The van der Waals surface area contributed by atoms with Gasteiger partial charge in [-0.1, -0.05) is 32.9 Å². The molecule has 24 heavy (non-hydrogen) atoms. The van der Waals surface area contributed by atoms with Crippen molar-refractivity contribution in [1.29, 1.82) is 0 Å². The summed E-state index contributed by atoms with van der Waals surface area (Å²) in [5.74, 6) is 0.159. The molecule has 0 unspecified atom stereocenters. The molecule has 2 aromatic carbocycles. The SMILES string of the molecule is CN(C)/N=C/c1ccc(OC(=O)c2ccc(C(C)(C)C)cc2)cc1. The Hall–Kier alpha value is -2.62. The summed E-state index contributed by atoms with van der Waals surface area (Å²) in [6.45, 7) is 6.42. The van der Waals surface area contributed by atoms with Gasteiger partial charge in [-0.15, -0.1) is 0 Å². The number of hydrazone groups is 1. The highest BCUT2D eigenvalue weighted by atomic mass is 16.5. The predicted molar refractivity (Wildman–Crippen MR) is 97.8 cm³/mol. The van der Waals surface area contributed by atoms with Gasteiger partial charge in [0.05, 0.1) is 11.8 Å². The maximum Gasteiger partial charge on any atom is 0.343 e. The van der Waals surface area contributed by atoms with Crippen LogP contribution in [-0.2, 0) is 5.41 Å². The fraction of sp³-hybridized carbons (Fsp3) is 0.300. The van der Waals surface area contributed by atoms with Gasteiger partial charge in [-0.05, 0) is 52.9 Å². The second-order valence-electron chi connectivity index (χ2n) is 6.88. The summed E-state index contributed by atoms with van der Waals surface area (Å²) in [5, 5.41) is 5.88. The highest BCUT2D eigenvalue weighted by molar-refractivity contribution is 5.91. The van der Waals surface area contributed by atoms with E-state index in [2.05, 4.69) is 25.9 Å². The van der Waals surface area contributed by atoms with Crippen molar-refractivity contribution >= 4 is 12.2 Å².